The molecule has 146 valence electrons. The van der Waals surface area contributed by atoms with Crippen LogP contribution in [-0.2, 0) is 19.6 Å². The monoisotopic (exact) mass is 418 g/mol. The fraction of sp³-hybridized carbons (Fsp3) is 0.158. The number of esters is 1. The minimum absolute atomic E-state index is 0.0371. The lowest BCUT2D eigenvalue weighted by Crippen LogP contribution is -2.34. The zero-order chi connectivity index (χ0) is 20.3. The van der Waals surface area contributed by atoms with Crippen LogP contribution in [0.25, 0.3) is 10.8 Å². The highest BCUT2D eigenvalue weighted by atomic mass is 32.2. The highest BCUT2D eigenvalue weighted by molar-refractivity contribution is 7.91. The number of ether oxygens (including phenoxy) is 1. The lowest BCUT2D eigenvalue weighted by molar-refractivity contribution is -0.121. The Kier molecular flexibility index (Phi) is 5.78. The van der Waals surface area contributed by atoms with Gasteiger partial charge in [-0.05, 0) is 24.4 Å². The third kappa shape index (κ3) is 4.22. The Morgan fingerprint density at radius 2 is 1.86 bits per heavy atom. The van der Waals surface area contributed by atoms with Crippen molar-refractivity contribution in [1.82, 2.24) is 0 Å². The Balaban J connectivity index is 1.74. The molecule has 0 aliphatic carbocycles. The van der Waals surface area contributed by atoms with Gasteiger partial charge in [-0.1, -0.05) is 36.4 Å². The van der Waals surface area contributed by atoms with Crippen molar-refractivity contribution in [1.29, 1.82) is 0 Å². The topological polar surface area (TPSA) is 107 Å². The Morgan fingerprint density at radius 1 is 1.14 bits per heavy atom. The summed E-state index contributed by atoms with van der Waals surface area (Å²) in [4.78, 5) is 26.3. The van der Waals surface area contributed by atoms with E-state index in [1.54, 1.807) is 4.90 Å². The van der Waals surface area contributed by atoms with Crippen molar-refractivity contribution in [3.8, 4) is 0 Å². The number of hydrogen-bond donors (Lipinski definition) is 1. The van der Waals surface area contributed by atoms with Gasteiger partial charge in [0.1, 0.15) is 4.21 Å². The summed E-state index contributed by atoms with van der Waals surface area (Å²) < 4.78 is 27.5. The van der Waals surface area contributed by atoms with Gasteiger partial charge in [0.05, 0.1) is 11.3 Å². The lowest BCUT2D eigenvalue weighted by atomic mass is 10.1. The van der Waals surface area contributed by atoms with Gasteiger partial charge in [0.25, 0.3) is 5.91 Å². The number of nitrogens with zero attached hydrogens (tertiary/aromatic N) is 1. The molecule has 0 aliphatic heterocycles. The third-order valence-corrected chi connectivity index (χ3v) is 6.48. The van der Waals surface area contributed by atoms with Crippen LogP contribution in [0.5, 0.6) is 0 Å². The summed E-state index contributed by atoms with van der Waals surface area (Å²) in [6.07, 6.45) is 0. The smallest absolute Gasteiger partial charge is 0.339 e. The zero-order valence-electron chi connectivity index (χ0n) is 15.0. The summed E-state index contributed by atoms with van der Waals surface area (Å²) in [7, 11) is -3.89. The number of likely N-dealkylation sites (N-methyl/N-ethyl adjacent to an activating group) is 1. The normalized spacial score (nSPS) is 11.4. The van der Waals surface area contributed by atoms with Crippen molar-refractivity contribution in [2.75, 3.05) is 18.1 Å². The van der Waals surface area contributed by atoms with E-state index in [9.17, 15) is 18.0 Å². The van der Waals surface area contributed by atoms with Crippen LogP contribution in [0.1, 0.15) is 17.3 Å². The van der Waals surface area contributed by atoms with Crippen LogP contribution in [0.15, 0.2) is 58.1 Å². The van der Waals surface area contributed by atoms with Crippen LogP contribution >= 0.6 is 11.3 Å². The molecule has 2 N–H and O–H groups in total. The second-order valence-corrected chi connectivity index (χ2v) is 8.61. The van der Waals surface area contributed by atoms with Crippen LogP contribution in [-0.4, -0.2) is 33.4 Å². The standard InChI is InChI=1S/C19H18N2O5S2/c1-2-21(16-9-5-7-13-6-3-4-8-15(13)16)17(22)11-26-19(23)14-10-18(27-12-14)28(20,24)25/h3-10,12H,2,11H2,1H3,(H2,20,24,25). The number of sulfonamides is 1. The second kappa shape index (κ2) is 8.09. The van der Waals surface area contributed by atoms with Gasteiger partial charge in [-0.15, -0.1) is 11.3 Å². The van der Waals surface area contributed by atoms with E-state index in [1.807, 2.05) is 49.4 Å². The Bertz CT molecular complexity index is 1130. The summed E-state index contributed by atoms with van der Waals surface area (Å²) >= 11 is 0.819. The number of carbonyl (C=O) groups is 2. The van der Waals surface area contributed by atoms with Gasteiger partial charge in [0.15, 0.2) is 6.61 Å². The molecule has 0 aliphatic rings. The van der Waals surface area contributed by atoms with Gasteiger partial charge in [-0.2, -0.15) is 0 Å². The Labute approximate surface area is 166 Å². The number of thiophene rings is 1. The molecular formula is C19H18N2O5S2. The first-order valence-electron chi connectivity index (χ1n) is 8.38. The van der Waals surface area contributed by atoms with Gasteiger partial charge >= 0.3 is 5.97 Å². The summed E-state index contributed by atoms with van der Waals surface area (Å²) in [6, 6.07) is 14.5. The fourth-order valence-electron chi connectivity index (χ4n) is 2.79. The largest absolute Gasteiger partial charge is 0.452 e. The van der Waals surface area contributed by atoms with Gasteiger partial charge in [-0.25, -0.2) is 18.4 Å². The number of hydrogen-bond acceptors (Lipinski definition) is 6. The van der Waals surface area contributed by atoms with E-state index in [4.69, 9.17) is 9.88 Å². The molecule has 0 radical (unpaired) electrons. The first-order chi connectivity index (χ1) is 13.3. The van der Waals surface area contributed by atoms with Crippen molar-refractivity contribution in [2.24, 2.45) is 5.14 Å². The van der Waals surface area contributed by atoms with Crippen molar-refractivity contribution >= 4 is 49.7 Å². The van der Waals surface area contributed by atoms with Crippen molar-refractivity contribution < 1.29 is 22.7 Å². The minimum atomic E-state index is -3.89. The first-order valence-corrected chi connectivity index (χ1v) is 10.8. The molecule has 2 aromatic carbocycles. The summed E-state index contributed by atoms with van der Waals surface area (Å²) in [5, 5.41) is 8.27. The molecule has 0 unspecified atom stereocenters. The molecule has 0 spiro atoms. The Hall–Kier alpha value is -2.75. The average molecular weight is 418 g/mol. The van der Waals surface area contributed by atoms with Gasteiger partial charge < -0.3 is 9.64 Å². The molecule has 9 heteroatoms. The number of fused-ring (bicyclic) bond motifs is 1. The molecule has 0 saturated carbocycles. The van der Waals surface area contributed by atoms with Gasteiger partial charge in [-0.3, -0.25) is 4.79 Å². The van der Waals surface area contributed by atoms with Crippen molar-refractivity contribution in [3.05, 3.63) is 59.5 Å². The maximum Gasteiger partial charge on any atom is 0.339 e. The maximum absolute atomic E-state index is 12.7. The fourth-order valence-corrected chi connectivity index (χ4v) is 4.36. The molecular weight excluding hydrogens is 400 g/mol. The van der Waals surface area contributed by atoms with Crippen molar-refractivity contribution in [3.63, 3.8) is 0 Å². The predicted molar refractivity (Wildman–Crippen MR) is 108 cm³/mol. The number of rotatable bonds is 6. The van der Waals surface area contributed by atoms with E-state index in [2.05, 4.69) is 0 Å². The summed E-state index contributed by atoms with van der Waals surface area (Å²) in [5.41, 5.74) is 0.767. The molecule has 7 nitrogen and oxygen atoms in total. The van der Waals surface area contributed by atoms with Gasteiger partial charge in [0, 0.05) is 17.3 Å². The van der Waals surface area contributed by atoms with Crippen LogP contribution < -0.4 is 10.0 Å². The summed E-state index contributed by atoms with van der Waals surface area (Å²) in [5.74, 6) is -1.16. The van der Waals surface area contributed by atoms with Crippen LogP contribution in [0.3, 0.4) is 0 Å². The predicted octanol–water partition coefficient (Wildman–Crippen LogP) is 2.76. The molecule has 0 saturated heterocycles. The molecule has 3 aromatic rings. The number of primary sulfonamides is 1. The van der Waals surface area contributed by atoms with E-state index in [0.717, 1.165) is 33.9 Å². The van der Waals surface area contributed by atoms with E-state index in [1.165, 1.54) is 5.38 Å². The molecule has 1 heterocycles. The van der Waals surface area contributed by atoms with E-state index in [0.29, 0.717) is 6.54 Å². The summed E-state index contributed by atoms with van der Waals surface area (Å²) in [6.45, 7) is 1.77. The van der Waals surface area contributed by atoms with Crippen LogP contribution in [0, 0.1) is 0 Å². The number of amides is 1. The number of nitrogens with two attached hydrogens (primary N) is 1. The second-order valence-electron chi connectivity index (χ2n) is 5.91. The van der Waals surface area contributed by atoms with Gasteiger partial charge in [0.2, 0.25) is 10.0 Å². The van der Waals surface area contributed by atoms with E-state index < -0.39 is 22.6 Å². The highest BCUT2D eigenvalue weighted by Crippen LogP contribution is 2.27. The third-order valence-electron chi connectivity index (χ3n) is 4.09. The maximum atomic E-state index is 12.7. The minimum Gasteiger partial charge on any atom is -0.452 e. The van der Waals surface area contributed by atoms with Crippen molar-refractivity contribution in [2.45, 2.75) is 11.1 Å². The Morgan fingerprint density at radius 3 is 2.54 bits per heavy atom. The quantitative estimate of drug-likeness (QED) is 0.620. The number of carbonyl (C=O) groups excluding carboxylic acids is 2. The highest BCUT2D eigenvalue weighted by Gasteiger charge is 2.20. The number of benzene rings is 2. The first kappa shape index (κ1) is 20.0. The van der Waals surface area contributed by atoms with Crippen LogP contribution in [0.2, 0.25) is 0 Å². The molecule has 3 rings (SSSR count). The van der Waals surface area contributed by atoms with E-state index in [-0.39, 0.29) is 15.7 Å². The molecule has 1 amide bonds. The average Bonchev–Trinajstić information content (AvgIpc) is 3.18. The molecule has 28 heavy (non-hydrogen) atoms. The lowest BCUT2D eigenvalue weighted by Gasteiger charge is -2.22. The van der Waals surface area contributed by atoms with Crippen LogP contribution in [0.4, 0.5) is 5.69 Å². The molecule has 1 aromatic heterocycles. The number of anilines is 1. The van der Waals surface area contributed by atoms with E-state index >= 15 is 0 Å². The SMILES string of the molecule is CCN(C(=O)COC(=O)c1csc(S(N)(=O)=O)c1)c1cccc2ccccc12. The molecule has 0 fully saturated rings. The molecule has 0 bridgehead atoms. The zero-order valence-corrected chi connectivity index (χ0v) is 16.6. The molecule has 0 atom stereocenters.